The molecule has 0 aliphatic heterocycles. The first-order valence-electron chi connectivity index (χ1n) is 7.27. The molecule has 0 aromatic heterocycles. The Morgan fingerprint density at radius 2 is 2.04 bits per heavy atom. The summed E-state index contributed by atoms with van der Waals surface area (Å²) in [5, 5.41) is 5.48. The van der Waals surface area contributed by atoms with Crippen LogP contribution in [0.15, 0.2) is 29.3 Å². The number of rotatable bonds is 7. The van der Waals surface area contributed by atoms with E-state index < -0.39 is 18.4 Å². The largest absolute Gasteiger partial charge is 0.489 e. The summed E-state index contributed by atoms with van der Waals surface area (Å²) in [5.74, 6) is 0.268. The minimum Gasteiger partial charge on any atom is -0.489 e. The maximum atomic E-state index is 13.1. The van der Waals surface area contributed by atoms with Gasteiger partial charge in [0, 0.05) is 19.7 Å². The van der Waals surface area contributed by atoms with Crippen LogP contribution in [0.1, 0.15) is 19.8 Å². The fraction of sp³-hybridized carbons (Fsp3) is 0.533. The normalized spacial score (nSPS) is 13.6. The van der Waals surface area contributed by atoms with Crippen LogP contribution in [0.3, 0.4) is 0 Å². The lowest BCUT2D eigenvalue weighted by molar-refractivity contribution is -0.132. The zero-order valence-electron chi connectivity index (χ0n) is 13.1. The Bertz CT molecular complexity index is 506. The summed E-state index contributed by atoms with van der Waals surface area (Å²) in [6, 6.07) is 5.78. The summed E-state index contributed by atoms with van der Waals surface area (Å²) in [7, 11) is 1.47. The Balaban J connectivity index is 2.42. The molecule has 1 aromatic carbocycles. The molecule has 0 aliphatic rings. The summed E-state index contributed by atoms with van der Waals surface area (Å²) in [4.78, 5) is 3.85. The van der Waals surface area contributed by atoms with E-state index in [1.807, 2.05) is 6.92 Å². The Kier molecular flexibility index (Phi) is 7.64. The zero-order chi connectivity index (χ0) is 17.3. The highest BCUT2D eigenvalue weighted by Crippen LogP contribution is 2.18. The minimum atomic E-state index is -4.21. The average Bonchev–Trinajstić information content (AvgIpc) is 2.48. The van der Waals surface area contributed by atoms with Crippen molar-refractivity contribution in [1.29, 1.82) is 0 Å². The SMILES string of the molecule is CCC(CNC(=NC)NCCC(F)(F)F)Oc1cccc(F)c1. The van der Waals surface area contributed by atoms with Crippen LogP contribution in [0.4, 0.5) is 17.6 Å². The molecule has 2 N–H and O–H groups in total. The van der Waals surface area contributed by atoms with Crippen LogP contribution in [0.2, 0.25) is 0 Å². The molecular formula is C15H21F4N3O. The summed E-state index contributed by atoms with van der Waals surface area (Å²) < 4.78 is 55.1. The van der Waals surface area contributed by atoms with Crippen molar-refractivity contribution in [3.8, 4) is 5.75 Å². The summed E-state index contributed by atoms with van der Waals surface area (Å²) in [6.07, 6.45) is -4.77. The second-order valence-electron chi connectivity index (χ2n) is 4.85. The second kappa shape index (κ2) is 9.22. The maximum Gasteiger partial charge on any atom is 0.390 e. The summed E-state index contributed by atoms with van der Waals surface area (Å²) in [5.41, 5.74) is 0. The highest BCUT2D eigenvalue weighted by atomic mass is 19.4. The quantitative estimate of drug-likeness (QED) is 0.457. The third kappa shape index (κ3) is 8.27. The molecule has 0 amide bonds. The number of benzene rings is 1. The molecule has 0 fully saturated rings. The van der Waals surface area contributed by atoms with E-state index in [0.717, 1.165) is 0 Å². The fourth-order valence-corrected chi connectivity index (χ4v) is 1.76. The Hall–Kier alpha value is -1.99. The van der Waals surface area contributed by atoms with Gasteiger partial charge in [0.1, 0.15) is 17.7 Å². The number of hydrogen-bond acceptors (Lipinski definition) is 2. The number of halogens is 4. The first kappa shape index (κ1) is 19.1. The average molecular weight is 335 g/mol. The molecule has 0 bridgehead atoms. The van der Waals surface area contributed by atoms with E-state index in [9.17, 15) is 17.6 Å². The van der Waals surface area contributed by atoms with E-state index in [2.05, 4.69) is 15.6 Å². The Morgan fingerprint density at radius 1 is 1.30 bits per heavy atom. The first-order valence-corrected chi connectivity index (χ1v) is 7.27. The highest BCUT2D eigenvalue weighted by molar-refractivity contribution is 5.79. The molecule has 1 rings (SSSR count). The molecule has 1 atom stereocenters. The van der Waals surface area contributed by atoms with Gasteiger partial charge in [0.05, 0.1) is 13.0 Å². The molecular weight excluding hydrogens is 314 g/mol. The number of hydrogen-bond donors (Lipinski definition) is 2. The molecule has 4 nitrogen and oxygen atoms in total. The van der Waals surface area contributed by atoms with Gasteiger partial charge in [0.15, 0.2) is 5.96 Å². The monoisotopic (exact) mass is 335 g/mol. The standard InChI is InChI=1S/C15H21F4N3O/c1-3-12(23-13-6-4-5-11(16)9-13)10-22-14(20-2)21-8-7-15(17,18)19/h4-6,9,12H,3,7-8,10H2,1-2H3,(H2,20,21,22). The topological polar surface area (TPSA) is 45.7 Å². The van der Waals surface area contributed by atoms with Gasteiger partial charge in [-0.15, -0.1) is 0 Å². The van der Waals surface area contributed by atoms with Crippen LogP contribution in [-0.2, 0) is 0 Å². The lowest BCUT2D eigenvalue weighted by atomic mass is 10.2. The van der Waals surface area contributed by atoms with Crippen molar-refractivity contribution in [2.75, 3.05) is 20.1 Å². The van der Waals surface area contributed by atoms with E-state index in [0.29, 0.717) is 18.7 Å². The van der Waals surface area contributed by atoms with Crippen molar-refractivity contribution in [2.45, 2.75) is 32.0 Å². The van der Waals surface area contributed by atoms with E-state index in [4.69, 9.17) is 4.74 Å². The van der Waals surface area contributed by atoms with E-state index in [1.54, 1.807) is 12.1 Å². The number of alkyl halides is 3. The number of ether oxygens (including phenoxy) is 1. The van der Waals surface area contributed by atoms with E-state index in [-0.39, 0.29) is 18.6 Å². The molecule has 0 saturated heterocycles. The van der Waals surface area contributed by atoms with Crippen molar-refractivity contribution < 1.29 is 22.3 Å². The molecule has 1 unspecified atom stereocenters. The first-order chi connectivity index (χ1) is 10.8. The van der Waals surface area contributed by atoms with E-state index >= 15 is 0 Å². The van der Waals surface area contributed by atoms with Crippen LogP contribution in [0.5, 0.6) is 5.75 Å². The van der Waals surface area contributed by atoms with Gasteiger partial charge >= 0.3 is 6.18 Å². The molecule has 0 aliphatic carbocycles. The third-order valence-electron chi connectivity index (χ3n) is 2.98. The van der Waals surface area contributed by atoms with Crippen molar-refractivity contribution in [3.63, 3.8) is 0 Å². The van der Waals surface area contributed by atoms with Gasteiger partial charge in [-0.3, -0.25) is 4.99 Å². The van der Waals surface area contributed by atoms with Gasteiger partial charge in [-0.05, 0) is 18.6 Å². The molecule has 1 aromatic rings. The molecule has 8 heteroatoms. The van der Waals surface area contributed by atoms with Gasteiger partial charge in [0.2, 0.25) is 0 Å². The molecule has 0 radical (unpaired) electrons. The van der Waals surface area contributed by atoms with Crippen molar-refractivity contribution in [3.05, 3.63) is 30.1 Å². The lowest BCUT2D eigenvalue weighted by Gasteiger charge is -2.20. The van der Waals surface area contributed by atoms with Crippen LogP contribution in [0.25, 0.3) is 0 Å². The van der Waals surface area contributed by atoms with Crippen molar-refractivity contribution in [1.82, 2.24) is 10.6 Å². The van der Waals surface area contributed by atoms with Crippen molar-refractivity contribution >= 4 is 5.96 Å². The molecule has 0 heterocycles. The zero-order valence-corrected chi connectivity index (χ0v) is 13.1. The van der Waals surface area contributed by atoms with Crippen LogP contribution >= 0.6 is 0 Å². The van der Waals surface area contributed by atoms with E-state index in [1.165, 1.54) is 19.2 Å². The van der Waals surface area contributed by atoms with Crippen LogP contribution in [0, 0.1) is 5.82 Å². The summed E-state index contributed by atoms with van der Waals surface area (Å²) >= 11 is 0. The summed E-state index contributed by atoms with van der Waals surface area (Å²) in [6.45, 7) is 1.97. The van der Waals surface area contributed by atoms with Gasteiger partial charge in [0.25, 0.3) is 0 Å². The smallest absolute Gasteiger partial charge is 0.390 e. The number of guanidine groups is 1. The van der Waals surface area contributed by atoms with Gasteiger partial charge < -0.3 is 15.4 Å². The van der Waals surface area contributed by atoms with Gasteiger partial charge in [-0.2, -0.15) is 13.2 Å². The van der Waals surface area contributed by atoms with Crippen LogP contribution in [-0.4, -0.2) is 38.4 Å². The second-order valence-corrected chi connectivity index (χ2v) is 4.85. The fourth-order valence-electron chi connectivity index (χ4n) is 1.76. The molecule has 130 valence electrons. The number of aliphatic imine (C=N–C) groups is 1. The predicted octanol–water partition coefficient (Wildman–Crippen LogP) is 3.10. The third-order valence-corrected chi connectivity index (χ3v) is 2.98. The minimum absolute atomic E-state index is 0.259. The highest BCUT2D eigenvalue weighted by Gasteiger charge is 2.26. The van der Waals surface area contributed by atoms with Crippen molar-refractivity contribution in [2.24, 2.45) is 4.99 Å². The Morgan fingerprint density at radius 3 is 2.61 bits per heavy atom. The number of nitrogens with one attached hydrogen (secondary N) is 2. The van der Waals surface area contributed by atoms with Gasteiger partial charge in [-0.1, -0.05) is 13.0 Å². The Labute approximate surface area is 132 Å². The lowest BCUT2D eigenvalue weighted by Crippen LogP contribution is -2.43. The van der Waals surface area contributed by atoms with Gasteiger partial charge in [-0.25, -0.2) is 4.39 Å². The molecule has 23 heavy (non-hydrogen) atoms. The molecule has 0 saturated carbocycles. The maximum absolute atomic E-state index is 13.1. The van der Waals surface area contributed by atoms with Crippen LogP contribution < -0.4 is 15.4 Å². The number of nitrogens with zero attached hydrogens (tertiary/aromatic N) is 1. The molecule has 0 spiro atoms. The predicted molar refractivity (Wildman–Crippen MR) is 81.1 cm³/mol.